The molecule has 0 saturated heterocycles. The van der Waals surface area contributed by atoms with Crippen molar-refractivity contribution in [3.8, 4) is 0 Å². The predicted molar refractivity (Wildman–Crippen MR) is 105 cm³/mol. The quantitative estimate of drug-likeness (QED) is 0.174. The molecule has 0 aliphatic heterocycles. The fourth-order valence-corrected chi connectivity index (χ4v) is 3.61. The van der Waals surface area contributed by atoms with Gasteiger partial charge in [-0.2, -0.15) is 0 Å². The highest BCUT2D eigenvalue weighted by Gasteiger charge is 2.35. The number of hydrogen-bond donors (Lipinski definition) is 2. The van der Waals surface area contributed by atoms with Gasteiger partial charge in [0.2, 0.25) is 7.59 Å². The molecule has 0 atom stereocenters. The van der Waals surface area contributed by atoms with Crippen molar-refractivity contribution in [1.82, 2.24) is 5.32 Å². The van der Waals surface area contributed by atoms with Crippen LogP contribution < -0.4 is 5.32 Å². The van der Waals surface area contributed by atoms with Crippen molar-refractivity contribution < 1.29 is 28.0 Å². The van der Waals surface area contributed by atoms with Gasteiger partial charge in [-0.3, -0.25) is 13.6 Å². The molecule has 14 heteroatoms. The molecule has 0 bridgehead atoms. The zero-order valence-corrected chi connectivity index (χ0v) is 19.0. The van der Waals surface area contributed by atoms with E-state index in [1.165, 1.54) is 0 Å². The summed E-state index contributed by atoms with van der Waals surface area (Å²) >= 11 is 33.3. The van der Waals surface area contributed by atoms with E-state index in [0.29, 0.717) is 13.0 Å². The first kappa shape index (κ1) is 27.1. The third kappa shape index (κ3) is 18.5. The van der Waals surface area contributed by atoms with Crippen LogP contribution in [0.3, 0.4) is 0 Å². The van der Waals surface area contributed by atoms with Gasteiger partial charge in [0, 0.05) is 6.54 Å². The molecule has 0 aromatic heterocycles. The minimum Gasteiger partial charge on any atom is -0.465 e. The average molecular weight is 518 g/mol. The van der Waals surface area contributed by atoms with Crippen molar-refractivity contribution >= 4 is 83.5 Å². The maximum Gasteiger partial charge on any atom is 0.475 e. The van der Waals surface area contributed by atoms with Crippen molar-refractivity contribution in [2.24, 2.45) is 0 Å². The average Bonchev–Trinajstić information content (AvgIpc) is 2.48. The van der Waals surface area contributed by atoms with E-state index in [9.17, 15) is 9.36 Å². The number of phosphoric acid groups is 1. The Hall–Kier alpha value is 1.12. The number of halogens is 6. The third-order valence-corrected chi connectivity index (χ3v) is 4.66. The summed E-state index contributed by atoms with van der Waals surface area (Å²) in [5, 5.41) is 10.7. The highest BCUT2D eigenvalue weighted by atomic mass is 35.6. The normalized spacial score (nSPS) is 13.0. The minimum absolute atomic E-state index is 0.0599. The smallest absolute Gasteiger partial charge is 0.465 e. The van der Waals surface area contributed by atoms with Crippen molar-refractivity contribution in [2.45, 2.75) is 39.7 Å². The lowest BCUT2D eigenvalue weighted by atomic mass is 10.1. The zero-order valence-electron chi connectivity index (χ0n) is 13.6. The highest BCUT2D eigenvalue weighted by Crippen LogP contribution is 2.52. The Morgan fingerprint density at radius 3 is 1.77 bits per heavy atom. The molecule has 0 fully saturated rings. The van der Waals surface area contributed by atoms with E-state index in [2.05, 4.69) is 5.32 Å². The van der Waals surface area contributed by atoms with Gasteiger partial charge >= 0.3 is 13.9 Å². The molecule has 2 N–H and O–H groups in total. The summed E-state index contributed by atoms with van der Waals surface area (Å²) in [5.74, 6) is 0. The Labute approximate surface area is 182 Å². The Bertz CT molecular complexity index is 436. The van der Waals surface area contributed by atoms with Crippen molar-refractivity contribution in [3.05, 3.63) is 0 Å². The molecule has 156 valence electrons. The van der Waals surface area contributed by atoms with Crippen LogP contribution in [0, 0.1) is 0 Å². The second-order valence-corrected chi connectivity index (χ2v) is 11.8. The fourth-order valence-electron chi connectivity index (χ4n) is 1.55. The van der Waals surface area contributed by atoms with Gasteiger partial charge in [0.25, 0.3) is 0 Å². The molecule has 0 aliphatic rings. The zero-order chi connectivity index (χ0) is 20.3. The molecular formula is C12H20Cl6NO6P. The summed E-state index contributed by atoms with van der Waals surface area (Å²) in [6.45, 7) is -0.613. The van der Waals surface area contributed by atoms with Gasteiger partial charge in [-0.25, -0.2) is 9.36 Å². The molecule has 0 rings (SSSR count). The van der Waals surface area contributed by atoms with Gasteiger partial charge in [0.15, 0.2) is 0 Å². The van der Waals surface area contributed by atoms with Gasteiger partial charge in [-0.1, -0.05) is 88.9 Å². The van der Waals surface area contributed by atoms with E-state index >= 15 is 0 Å². The van der Waals surface area contributed by atoms with E-state index in [-0.39, 0.29) is 6.61 Å². The van der Waals surface area contributed by atoms with E-state index in [1.54, 1.807) is 0 Å². The van der Waals surface area contributed by atoms with Gasteiger partial charge in [-0.15, -0.1) is 0 Å². The Balaban J connectivity index is 4.14. The predicted octanol–water partition coefficient (Wildman–Crippen LogP) is 6.10. The lowest BCUT2D eigenvalue weighted by Crippen LogP contribution is -2.21. The Kier molecular flexibility index (Phi) is 13.9. The summed E-state index contributed by atoms with van der Waals surface area (Å²) in [4.78, 5) is 10.3. The van der Waals surface area contributed by atoms with E-state index < -0.39 is 34.7 Å². The van der Waals surface area contributed by atoms with Crippen LogP contribution in [0.4, 0.5) is 4.79 Å². The standard InChI is InChI=1S/C12H20Cl6NO6P/c13-11(14,15)8-24-26(22,25-9-12(16,17)18)23-7-5-3-1-2-4-6-19-10(20)21/h19H,1-9H2,(H,20,21). The van der Waals surface area contributed by atoms with E-state index in [4.69, 9.17) is 88.3 Å². The van der Waals surface area contributed by atoms with Crippen molar-refractivity contribution in [3.63, 3.8) is 0 Å². The molecular weight excluding hydrogens is 498 g/mol. The molecule has 7 nitrogen and oxygen atoms in total. The number of hydrogen-bond acceptors (Lipinski definition) is 5. The maximum atomic E-state index is 12.5. The summed E-state index contributed by atoms with van der Waals surface area (Å²) in [5.41, 5.74) is 0. The number of carbonyl (C=O) groups is 1. The molecule has 0 aromatic rings. The first-order chi connectivity index (χ1) is 11.8. The largest absolute Gasteiger partial charge is 0.475 e. The number of nitrogens with one attached hydrogen (secondary N) is 1. The van der Waals surface area contributed by atoms with E-state index in [0.717, 1.165) is 25.7 Å². The number of unbranched alkanes of at least 4 members (excludes halogenated alkanes) is 4. The van der Waals surface area contributed by atoms with Crippen LogP contribution in [0.15, 0.2) is 0 Å². The molecule has 26 heavy (non-hydrogen) atoms. The summed E-state index contributed by atoms with van der Waals surface area (Å²) in [6.07, 6.45) is 2.69. The number of phosphoric ester groups is 1. The summed E-state index contributed by atoms with van der Waals surface area (Å²) < 4.78 is 23.9. The Morgan fingerprint density at radius 2 is 1.31 bits per heavy atom. The molecule has 0 spiro atoms. The van der Waals surface area contributed by atoms with Crippen LogP contribution >= 0.6 is 77.4 Å². The lowest BCUT2D eigenvalue weighted by molar-refractivity contribution is 0.114. The number of carboxylic acid groups (broad SMARTS) is 1. The van der Waals surface area contributed by atoms with Gasteiger partial charge < -0.3 is 10.4 Å². The molecule has 0 aliphatic carbocycles. The SMILES string of the molecule is O=C(O)NCCCCCCCOP(=O)(OCC(Cl)(Cl)Cl)OCC(Cl)(Cl)Cl. The van der Waals surface area contributed by atoms with Crippen molar-refractivity contribution in [2.75, 3.05) is 26.4 Å². The molecule has 0 heterocycles. The number of rotatable bonds is 13. The van der Waals surface area contributed by atoms with Crippen molar-refractivity contribution in [1.29, 1.82) is 0 Å². The van der Waals surface area contributed by atoms with E-state index in [1.807, 2.05) is 0 Å². The van der Waals surface area contributed by atoms with Crippen LogP contribution in [0.1, 0.15) is 32.1 Å². The van der Waals surface area contributed by atoms with Gasteiger partial charge in [0.1, 0.15) is 13.2 Å². The van der Waals surface area contributed by atoms with Gasteiger partial charge in [0.05, 0.1) is 6.61 Å². The molecule has 0 aromatic carbocycles. The van der Waals surface area contributed by atoms with Crippen LogP contribution in [0.2, 0.25) is 0 Å². The first-order valence-corrected chi connectivity index (χ1v) is 11.2. The van der Waals surface area contributed by atoms with Crippen LogP contribution in [0.5, 0.6) is 0 Å². The summed E-state index contributed by atoms with van der Waals surface area (Å²) in [7, 11) is -4.07. The third-order valence-electron chi connectivity index (χ3n) is 2.62. The second-order valence-electron chi connectivity index (χ2n) is 5.06. The molecule has 0 unspecified atom stereocenters. The first-order valence-electron chi connectivity index (χ1n) is 7.47. The fraction of sp³-hybridized carbons (Fsp3) is 0.917. The Morgan fingerprint density at radius 1 is 0.846 bits per heavy atom. The second kappa shape index (κ2) is 13.4. The minimum atomic E-state index is -4.07. The topological polar surface area (TPSA) is 94.1 Å². The van der Waals surface area contributed by atoms with Crippen LogP contribution in [-0.4, -0.2) is 45.2 Å². The summed E-state index contributed by atoms with van der Waals surface area (Å²) in [6, 6.07) is 0. The van der Waals surface area contributed by atoms with Gasteiger partial charge in [-0.05, 0) is 12.8 Å². The molecule has 0 radical (unpaired) electrons. The van der Waals surface area contributed by atoms with Crippen LogP contribution in [0.25, 0.3) is 0 Å². The molecule has 0 saturated carbocycles. The monoisotopic (exact) mass is 515 g/mol. The maximum absolute atomic E-state index is 12.5. The number of alkyl halides is 6. The lowest BCUT2D eigenvalue weighted by Gasteiger charge is -2.22. The highest BCUT2D eigenvalue weighted by molar-refractivity contribution is 7.48. The number of amides is 1. The molecule has 1 amide bonds. The van der Waals surface area contributed by atoms with Crippen LogP contribution in [-0.2, 0) is 18.1 Å².